The summed E-state index contributed by atoms with van der Waals surface area (Å²) in [5.41, 5.74) is 6.26. The van der Waals surface area contributed by atoms with E-state index in [-0.39, 0.29) is 11.7 Å². The summed E-state index contributed by atoms with van der Waals surface area (Å²) in [6.45, 7) is 4.11. The van der Waals surface area contributed by atoms with E-state index in [1.807, 2.05) is 0 Å². The van der Waals surface area contributed by atoms with Crippen LogP contribution in [0.4, 0.5) is 10.1 Å². The van der Waals surface area contributed by atoms with Crippen LogP contribution >= 0.6 is 0 Å². The summed E-state index contributed by atoms with van der Waals surface area (Å²) in [6, 6.07) is 4.69. The number of carbonyl (C=O) groups is 1. The zero-order valence-electron chi connectivity index (χ0n) is 10.8. The van der Waals surface area contributed by atoms with Crippen LogP contribution in [0.1, 0.15) is 25.3 Å². The minimum absolute atomic E-state index is 0.0863. The molecule has 3 N–H and O–H groups in total. The Hall–Kier alpha value is -1.42. The number of rotatable bonds is 3. The molecule has 4 heteroatoms. The molecule has 1 fully saturated rings. The summed E-state index contributed by atoms with van der Waals surface area (Å²) in [5.74, 6) is 0.140. The molecule has 1 aromatic carbocycles. The molecule has 1 saturated carbocycles. The standard InChI is InChI=1S/C14H19FN2O/c1-9-6-14(7-9,8-16)13(18)17-12-5-3-4-11(15)10(12)2/h3-5,9H,6-8,16H2,1-2H3,(H,17,18). The molecule has 0 atom stereocenters. The molecule has 1 aliphatic rings. The Balaban J connectivity index is 2.14. The lowest BCUT2D eigenvalue weighted by molar-refractivity contribution is -0.132. The number of nitrogens with two attached hydrogens (primary N) is 1. The van der Waals surface area contributed by atoms with Crippen molar-refractivity contribution in [2.24, 2.45) is 17.1 Å². The summed E-state index contributed by atoms with van der Waals surface area (Å²) in [4.78, 5) is 12.2. The Morgan fingerprint density at radius 1 is 1.56 bits per heavy atom. The molecule has 1 aromatic rings. The fourth-order valence-corrected chi connectivity index (χ4v) is 2.72. The first-order valence-corrected chi connectivity index (χ1v) is 6.25. The van der Waals surface area contributed by atoms with Crippen molar-refractivity contribution in [3.8, 4) is 0 Å². The molecule has 0 heterocycles. The van der Waals surface area contributed by atoms with Gasteiger partial charge < -0.3 is 11.1 Å². The first-order chi connectivity index (χ1) is 8.48. The Morgan fingerprint density at radius 2 is 2.22 bits per heavy atom. The molecule has 1 amide bonds. The lowest BCUT2D eigenvalue weighted by Crippen LogP contribution is -2.51. The van der Waals surface area contributed by atoms with Crippen molar-refractivity contribution < 1.29 is 9.18 Å². The fraction of sp³-hybridized carbons (Fsp3) is 0.500. The number of nitrogens with one attached hydrogen (secondary N) is 1. The van der Waals surface area contributed by atoms with Gasteiger partial charge in [0.05, 0.1) is 5.41 Å². The van der Waals surface area contributed by atoms with Crippen molar-refractivity contribution in [3.63, 3.8) is 0 Å². The number of carbonyl (C=O) groups excluding carboxylic acids is 1. The highest BCUT2D eigenvalue weighted by Crippen LogP contribution is 2.45. The van der Waals surface area contributed by atoms with Crippen LogP contribution in [0, 0.1) is 24.1 Å². The van der Waals surface area contributed by atoms with Crippen molar-refractivity contribution in [2.75, 3.05) is 11.9 Å². The average Bonchev–Trinajstić information content (AvgIpc) is 2.30. The van der Waals surface area contributed by atoms with Gasteiger partial charge >= 0.3 is 0 Å². The molecule has 0 aliphatic heterocycles. The maximum Gasteiger partial charge on any atom is 0.231 e. The molecule has 98 valence electrons. The zero-order chi connectivity index (χ0) is 13.3. The summed E-state index contributed by atoms with van der Waals surface area (Å²) in [7, 11) is 0. The second kappa shape index (κ2) is 4.69. The monoisotopic (exact) mass is 250 g/mol. The second-order valence-electron chi connectivity index (χ2n) is 5.36. The summed E-state index contributed by atoms with van der Waals surface area (Å²) >= 11 is 0. The average molecular weight is 250 g/mol. The lowest BCUT2D eigenvalue weighted by atomic mass is 9.62. The third kappa shape index (κ3) is 2.12. The second-order valence-corrected chi connectivity index (χ2v) is 5.36. The first kappa shape index (κ1) is 13.0. The molecule has 2 rings (SSSR count). The van der Waals surface area contributed by atoms with E-state index in [1.165, 1.54) is 6.07 Å². The smallest absolute Gasteiger partial charge is 0.231 e. The highest BCUT2D eigenvalue weighted by molar-refractivity contribution is 5.96. The van der Waals surface area contributed by atoms with Crippen molar-refractivity contribution in [3.05, 3.63) is 29.6 Å². The van der Waals surface area contributed by atoms with Crippen LogP contribution in [-0.2, 0) is 4.79 Å². The molecule has 18 heavy (non-hydrogen) atoms. The quantitative estimate of drug-likeness (QED) is 0.865. The number of benzene rings is 1. The van der Waals surface area contributed by atoms with Gasteiger partial charge in [-0.3, -0.25) is 4.79 Å². The van der Waals surface area contributed by atoms with E-state index in [1.54, 1.807) is 19.1 Å². The number of hydrogen-bond acceptors (Lipinski definition) is 2. The number of amides is 1. The zero-order valence-corrected chi connectivity index (χ0v) is 10.8. The number of halogens is 1. The molecule has 0 spiro atoms. The van der Waals surface area contributed by atoms with Crippen LogP contribution in [0.2, 0.25) is 0 Å². The highest BCUT2D eigenvalue weighted by atomic mass is 19.1. The minimum Gasteiger partial charge on any atom is -0.329 e. The van der Waals surface area contributed by atoms with Crippen molar-refractivity contribution in [1.29, 1.82) is 0 Å². The van der Waals surface area contributed by atoms with Crippen LogP contribution in [0.5, 0.6) is 0 Å². The van der Waals surface area contributed by atoms with Crippen LogP contribution in [-0.4, -0.2) is 12.5 Å². The van der Waals surface area contributed by atoms with E-state index in [4.69, 9.17) is 5.73 Å². The van der Waals surface area contributed by atoms with Crippen LogP contribution in [0.15, 0.2) is 18.2 Å². The third-order valence-corrected chi connectivity index (χ3v) is 3.87. The molecule has 3 nitrogen and oxygen atoms in total. The van der Waals surface area contributed by atoms with Gasteiger partial charge in [-0.25, -0.2) is 4.39 Å². The third-order valence-electron chi connectivity index (χ3n) is 3.87. The van der Waals surface area contributed by atoms with Crippen LogP contribution in [0.25, 0.3) is 0 Å². The Bertz CT molecular complexity index is 467. The van der Waals surface area contributed by atoms with Crippen LogP contribution in [0.3, 0.4) is 0 Å². The Labute approximate surface area is 107 Å². The van der Waals surface area contributed by atoms with Gasteiger partial charge in [0.1, 0.15) is 5.82 Å². The van der Waals surface area contributed by atoms with Gasteiger partial charge in [-0.05, 0) is 37.8 Å². The topological polar surface area (TPSA) is 55.1 Å². The van der Waals surface area contributed by atoms with E-state index in [0.29, 0.717) is 23.7 Å². The van der Waals surface area contributed by atoms with Gasteiger partial charge in [-0.2, -0.15) is 0 Å². The van der Waals surface area contributed by atoms with Gasteiger partial charge in [-0.1, -0.05) is 13.0 Å². The SMILES string of the molecule is Cc1c(F)cccc1NC(=O)C1(CN)CC(C)C1. The Kier molecular flexibility index (Phi) is 3.39. The minimum atomic E-state index is -0.460. The van der Waals surface area contributed by atoms with Crippen molar-refractivity contribution in [1.82, 2.24) is 0 Å². The summed E-state index contributed by atoms with van der Waals surface area (Å²) in [6.07, 6.45) is 1.62. The van der Waals surface area contributed by atoms with E-state index in [9.17, 15) is 9.18 Å². The molecule has 0 unspecified atom stereocenters. The molecule has 1 aliphatic carbocycles. The number of anilines is 1. The summed E-state index contributed by atoms with van der Waals surface area (Å²) < 4.78 is 13.4. The van der Waals surface area contributed by atoms with Gasteiger partial charge in [0, 0.05) is 17.8 Å². The predicted octanol–water partition coefficient (Wildman–Crippen LogP) is 2.45. The van der Waals surface area contributed by atoms with Crippen molar-refractivity contribution in [2.45, 2.75) is 26.7 Å². The molecular formula is C14H19FN2O. The normalized spacial score (nSPS) is 26.6. The highest BCUT2D eigenvalue weighted by Gasteiger charge is 2.47. The van der Waals surface area contributed by atoms with E-state index >= 15 is 0 Å². The summed E-state index contributed by atoms with van der Waals surface area (Å²) in [5, 5.41) is 2.81. The fourth-order valence-electron chi connectivity index (χ4n) is 2.72. The maximum atomic E-state index is 13.4. The molecular weight excluding hydrogens is 231 g/mol. The van der Waals surface area contributed by atoms with E-state index in [2.05, 4.69) is 12.2 Å². The van der Waals surface area contributed by atoms with Crippen LogP contribution < -0.4 is 11.1 Å². The molecule has 0 saturated heterocycles. The Morgan fingerprint density at radius 3 is 2.78 bits per heavy atom. The first-order valence-electron chi connectivity index (χ1n) is 6.25. The maximum absolute atomic E-state index is 13.4. The molecule has 0 radical (unpaired) electrons. The lowest BCUT2D eigenvalue weighted by Gasteiger charge is -2.44. The van der Waals surface area contributed by atoms with Gasteiger partial charge in [0.2, 0.25) is 5.91 Å². The molecule has 0 bridgehead atoms. The molecule has 0 aromatic heterocycles. The predicted molar refractivity (Wildman–Crippen MR) is 69.7 cm³/mol. The van der Waals surface area contributed by atoms with E-state index < -0.39 is 5.41 Å². The van der Waals surface area contributed by atoms with Gasteiger partial charge in [-0.15, -0.1) is 0 Å². The van der Waals surface area contributed by atoms with Crippen molar-refractivity contribution >= 4 is 11.6 Å². The number of hydrogen-bond donors (Lipinski definition) is 2. The van der Waals surface area contributed by atoms with Gasteiger partial charge in [0.25, 0.3) is 0 Å². The van der Waals surface area contributed by atoms with E-state index in [0.717, 1.165) is 12.8 Å². The van der Waals surface area contributed by atoms with Gasteiger partial charge in [0.15, 0.2) is 0 Å². The largest absolute Gasteiger partial charge is 0.329 e.